The van der Waals surface area contributed by atoms with Crippen LogP contribution < -0.4 is 10.9 Å². The van der Waals surface area contributed by atoms with Crippen molar-refractivity contribution in [3.8, 4) is 0 Å². The van der Waals surface area contributed by atoms with Gasteiger partial charge in [0.15, 0.2) is 0 Å². The molecule has 2 aromatic rings. The van der Waals surface area contributed by atoms with E-state index >= 15 is 0 Å². The average molecular weight is 286 g/mol. The zero-order valence-corrected chi connectivity index (χ0v) is 11.9. The van der Waals surface area contributed by atoms with Crippen LogP contribution in [-0.2, 0) is 7.05 Å². The maximum atomic E-state index is 12.4. The van der Waals surface area contributed by atoms with E-state index in [1.54, 1.807) is 7.05 Å². The van der Waals surface area contributed by atoms with Crippen LogP contribution in [0.1, 0.15) is 36.0 Å². The molecule has 1 heterocycles. The number of aromatic carboxylic acids is 1. The third kappa shape index (κ3) is 2.28. The maximum absolute atomic E-state index is 12.4. The Balaban J connectivity index is 2.27. The van der Waals surface area contributed by atoms with Gasteiger partial charge in [-0.2, -0.15) is 0 Å². The number of para-hydroxylation sites is 1. The zero-order chi connectivity index (χ0) is 15.0. The second-order valence-corrected chi connectivity index (χ2v) is 5.56. The number of aromatic nitrogens is 1. The summed E-state index contributed by atoms with van der Waals surface area (Å²) in [5.74, 6) is -1.18. The Hall–Kier alpha value is -2.30. The standard InChI is InChI=1S/C16H18N2O3/c1-18-12-9-5-4-8-11(12)14(13(15(18)19)16(20)21)17-10-6-2-3-7-10/h4-5,8-10,17H,2-3,6-7H2,1H3,(H,20,21). The summed E-state index contributed by atoms with van der Waals surface area (Å²) in [4.78, 5) is 23.9. The third-order valence-corrected chi connectivity index (χ3v) is 4.22. The highest BCUT2D eigenvalue weighted by Crippen LogP contribution is 2.29. The number of hydrogen-bond acceptors (Lipinski definition) is 3. The first-order chi connectivity index (χ1) is 10.1. The molecule has 3 rings (SSSR count). The molecule has 0 spiro atoms. The molecule has 1 fully saturated rings. The van der Waals surface area contributed by atoms with Crippen molar-refractivity contribution < 1.29 is 9.90 Å². The Bertz CT molecular complexity index is 758. The molecule has 110 valence electrons. The number of nitrogens with one attached hydrogen (secondary N) is 1. The minimum atomic E-state index is -1.18. The Morgan fingerprint density at radius 2 is 1.95 bits per heavy atom. The van der Waals surface area contributed by atoms with Crippen molar-refractivity contribution in [3.63, 3.8) is 0 Å². The van der Waals surface area contributed by atoms with Crippen LogP contribution in [0.5, 0.6) is 0 Å². The highest BCUT2D eigenvalue weighted by molar-refractivity contribution is 6.04. The van der Waals surface area contributed by atoms with Crippen molar-refractivity contribution in [2.24, 2.45) is 7.05 Å². The van der Waals surface area contributed by atoms with Crippen molar-refractivity contribution in [3.05, 3.63) is 40.2 Å². The SMILES string of the molecule is Cn1c(=O)c(C(=O)O)c(NC2CCCC2)c2ccccc21. The average Bonchev–Trinajstić information content (AvgIpc) is 2.97. The number of carboxylic acids is 1. The molecule has 1 aliphatic carbocycles. The second kappa shape index (κ2) is 5.24. The molecule has 21 heavy (non-hydrogen) atoms. The van der Waals surface area contributed by atoms with E-state index in [1.807, 2.05) is 24.3 Å². The second-order valence-electron chi connectivity index (χ2n) is 5.56. The molecule has 0 atom stereocenters. The highest BCUT2D eigenvalue weighted by Gasteiger charge is 2.23. The molecule has 5 heteroatoms. The van der Waals surface area contributed by atoms with E-state index in [4.69, 9.17) is 0 Å². The van der Waals surface area contributed by atoms with Crippen molar-refractivity contribution in [1.82, 2.24) is 4.57 Å². The topological polar surface area (TPSA) is 71.3 Å². The van der Waals surface area contributed by atoms with Gasteiger partial charge < -0.3 is 15.0 Å². The quantitative estimate of drug-likeness (QED) is 0.909. The van der Waals surface area contributed by atoms with E-state index in [1.165, 1.54) is 4.57 Å². The number of carboxylic acid groups (broad SMARTS) is 1. The number of fused-ring (bicyclic) bond motifs is 1. The van der Waals surface area contributed by atoms with Crippen LogP contribution in [-0.4, -0.2) is 21.7 Å². The monoisotopic (exact) mass is 286 g/mol. The van der Waals surface area contributed by atoms with E-state index in [0.29, 0.717) is 5.69 Å². The summed E-state index contributed by atoms with van der Waals surface area (Å²) in [7, 11) is 1.61. The van der Waals surface area contributed by atoms with Crippen LogP contribution in [0.25, 0.3) is 10.9 Å². The fraction of sp³-hybridized carbons (Fsp3) is 0.375. The van der Waals surface area contributed by atoms with Crippen LogP contribution in [0.4, 0.5) is 5.69 Å². The summed E-state index contributed by atoms with van der Waals surface area (Å²) in [6, 6.07) is 7.65. The van der Waals surface area contributed by atoms with Crippen LogP contribution >= 0.6 is 0 Å². The van der Waals surface area contributed by atoms with Gasteiger partial charge in [-0.1, -0.05) is 31.0 Å². The molecular weight excluding hydrogens is 268 g/mol. The molecular formula is C16H18N2O3. The summed E-state index contributed by atoms with van der Waals surface area (Å²) in [5.41, 5.74) is 0.575. The molecule has 0 saturated heterocycles. The van der Waals surface area contributed by atoms with Gasteiger partial charge in [0.2, 0.25) is 0 Å². The Labute approximate surface area is 122 Å². The molecule has 1 aliphatic rings. The fourth-order valence-electron chi connectivity index (χ4n) is 3.12. The maximum Gasteiger partial charge on any atom is 0.343 e. The molecule has 0 bridgehead atoms. The predicted octanol–water partition coefficient (Wildman–Crippen LogP) is 2.59. The molecule has 0 aliphatic heterocycles. The number of pyridine rings is 1. The van der Waals surface area contributed by atoms with Crippen LogP contribution in [0.15, 0.2) is 29.1 Å². The number of benzene rings is 1. The summed E-state index contributed by atoms with van der Waals surface area (Å²) in [6.45, 7) is 0. The van der Waals surface area contributed by atoms with Crippen molar-refractivity contribution in [2.45, 2.75) is 31.7 Å². The number of carbonyl (C=O) groups is 1. The number of nitrogens with zero attached hydrogens (tertiary/aromatic N) is 1. The Morgan fingerprint density at radius 3 is 2.62 bits per heavy atom. The highest BCUT2D eigenvalue weighted by atomic mass is 16.4. The first kappa shape index (κ1) is 13.7. The zero-order valence-electron chi connectivity index (χ0n) is 11.9. The van der Waals surface area contributed by atoms with E-state index < -0.39 is 11.5 Å². The smallest absolute Gasteiger partial charge is 0.343 e. The number of hydrogen-bond donors (Lipinski definition) is 2. The molecule has 1 saturated carbocycles. The van der Waals surface area contributed by atoms with E-state index in [2.05, 4.69) is 5.32 Å². The van der Waals surface area contributed by atoms with Crippen molar-refractivity contribution in [1.29, 1.82) is 0 Å². The largest absolute Gasteiger partial charge is 0.477 e. The lowest BCUT2D eigenvalue weighted by Crippen LogP contribution is -2.28. The van der Waals surface area contributed by atoms with E-state index in [-0.39, 0.29) is 11.6 Å². The van der Waals surface area contributed by atoms with Gasteiger partial charge in [-0.05, 0) is 18.9 Å². The van der Waals surface area contributed by atoms with Gasteiger partial charge >= 0.3 is 5.97 Å². The van der Waals surface area contributed by atoms with Gasteiger partial charge in [0.25, 0.3) is 5.56 Å². The van der Waals surface area contributed by atoms with Gasteiger partial charge in [0.05, 0.1) is 11.2 Å². The van der Waals surface area contributed by atoms with Crippen molar-refractivity contribution >= 4 is 22.6 Å². The minimum absolute atomic E-state index is 0.164. The molecule has 0 unspecified atom stereocenters. The predicted molar refractivity (Wildman–Crippen MR) is 82.0 cm³/mol. The van der Waals surface area contributed by atoms with Gasteiger partial charge in [-0.3, -0.25) is 4.79 Å². The minimum Gasteiger partial charge on any atom is -0.477 e. The van der Waals surface area contributed by atoms with Gasteiger partial charge in [0.1, 0.15) is 5.56 Å². The third-order valence-electron chi connectivity index (χ3n) is 4.22. The summed E-state index contributed by atoms with van der Waals surface area (Å²) < 4.78 is 1.40. The van der Waals surface area contributed by atoms with Gasteiger partial charge in [-0.25, -0.2) is 4.79 Å². The first-order valence-corrected chi connectivity index (χ1v) is 7.21. The summed E-state index contributed by atoms with van der Waals surface area (Å²) in [5, 5.41) is 13.5. The van der Waals surface area contributed by atoms with E-state index in [9.17, 15) is 14.7 Å². The number of anilines is 1. The molecule has 0 amide bonds. The summed E-state index contributed by atoms with van der Waals surface area (Å²) in [6.07, 6.45) is 4.32. The Morgan fingerprint density at radius 1 is 1.29 bits per heavy atom. The number of rotatable bonds is 3. The lowest BCUT2D eigenvalue weighted by Gasteiger charge is -2.19. The lowest BCUT2D eigenvalue weighted by molar-refractivity contribution is 0.0695. The molecule has 0 radical (unpaired) electrons. The number of aryl methyl sites for hydroxylation is 1. The van der Waals surface area contributed by atoms with Crippen molar-refractivity contribution in [2.75, 3.05) is 5.32 Å². The summed E-state index contributed by atoms with van der Waals surface area (Å²) >= 11 is 0. The molecule has 2 N–H and O–H groups in total. The lowest BCUT2D eigenvalue weighted by atomic mass is 10.1. The van der Waals surface area contributed by atoms with Gasteiger partial charge in [-0.15, -0.1) is 0 Å². The normalized spacial score (nSPS) is 15.5. The molecule has 5 nitrogen and oxygen atoms in total. The first-order valence-electron chi connectivity index (χ1n) is 7.21. The molecule has 1 aromatic carbocycles. The van der Waals surface area contributed by atoms with Crippen LogP contribution in [0.2, 0.25) is 0 Å². The fourth-order valence-corrected chi connectivity index (χ4v) is 3.12. The van der Waals surface area contributed by atoms with Gasteiger partial charge in [0, 0.05) is 18.5 Å². The Kier molecular flexibility index (Phi) is 3.41. The molecule has 1 aromatic heterocycles. The van der Waals surface area contributed by atoms with E-state index in [0.717, 1.165) is 36.6 Å². The van der Waals surface area contributed by atoms with Crippen LogP contribution in [0.3, 0.4) is 0 Å². The van der Waals surface area contributed by atoms with Crippen LogP contribution in [0, 0.1) is 0 Å².